The Kier molecular flexibility index (Phi) is 9.34. The van der Waals surface area contributed by atoms with E-state index in [1.165, 1.54) is 11.1 Å². The SMILES string of the molecule is C=C(C)[C@@H]1CC=C(C)C(CC[C@H]2C(C)=CC[C@@H](C(=C)C)C2(C)CCC(=O)O)[C@H]1CCC(=O)O. The van der Waals surface area contributed by atoms with E-state index in [0.717, 1.165) is 36.8 Å². The van der Waals surface area contributed by atoms with E-state index in [2.05, 4.69) is 59.9 Å². The maximum Gasteiger partial charge on any atom is 0.303 e. The van der Waals surface area contributed by atoms with Crippen molar-refractivity contribution in [2.75, 3.05) is 0 Å². The van der Waals surface area contributed by atoms with Crippen LogP contribution in [0.5, 0.6) is 0 Å². The second-order valence-electron chi connectivity index (χ2n) is 11.0. The molecule has 2 aliphatic carbocycles. The maximum atomic E-state index is 11.5. The zero-order valence-corrected chi connectivity index (χ0v) is 21.3. The van der Waals surface area contributed by atoms with Crippen molar-refractivity contribution in [3.8, 4) is 0 Å². The molecule has 0 amide bonds. The van der Waals surface area contributed by atoms with E-state index >= 15 is 0 Å². The van der Waals surface area contributed by atoms with Gasteiger partial charge in [0.25, 0.3) is 0 Å². The van der Waals surface area contributed by atoms with E-state index < -0.39 is 11.9 Å². The van der Waals surface area contributed by atoms with Crippen LogP contribution in [0.1, 0.15) is 86.0 Å². The van der Waals surface area contributed by atoms with Gasteiger partial charge in [-0.1, -0.05) is 54.5 Å². The predicted molar refractivity (Wildman–Crippen MR) is 135 cm³/mol. The average Bonchev–Trinajstić information content (AvgIpc) is 2.71. The van der Waals surface area contributed by atoms with E-state index in [1.807, 2.05) is 0 Å². The van der Waals surface area contributed by atoms with Crippen molar-refractivity contribution in [1.29, 1.82) is 0 Å². The van der Waals surface area contributed by atoms with Gasteiger partial charge in [0.15, 0.2) is 0 Å². The molecule has 184 valence electrons. The van der Waals surface area contributed by atoms with E-state index in [1.54, 1.807) is 0 Å². The Bertz CT molecular complexity index is 833. The Labute approximate surface area is 200 Å². The quantitative estimate of drug-likeness (QED) is 0.317. The summed E-state index contributed by atoms with van der Waals surface area (Å²) >= 11 is 0. The van der Waals surface area contributed by atoms with Crippen LogP contribution in [0.3, 0.4) is 0 Å². The van der Waals surface area contributed by atoms with Crippen LogP contribution in [0.15, 0.2) is 47.6 Å². The lowest BCUT2D eigenvalue weighted by atomic mass is 9.56. The molecule has 2 unspecified atom stereocenters. The maximum absolute atomic E-state index is 11.5. The van der Waals surface area contributed by atoms with Gasteiger partial charge in [-0.3, -0.25) is 9.59 Å². The summed E-state index contributed by atoms with van der Waals surface area (Å²) in [6.07, 6.45) is 10.2. The summed E-state index contributed by atoms with van der Waals surface area (Å²) in [6, 6.07) is 0. The van der Waals surface area contributed by atoms with Gasteiger partial charge in [0, 0.05) is 12.8 Å². The molecule has 0 saturated carbocycles. The van der Waals surface area contributed by atoms with Crippen LogP contribution in [0.25, 0.3) is 0 Å². The van der Waals surface area contributed by atoms with E-state index in [9.17, 15) is 19.8 Å². The fraction of sp³-hybridized carbons (Fsp3) is 0.655. The molecule has 0 bridgehead atoms. The van der Waals surface area contributed by atoms with Gasteiger partial charge in [-0.05, 0) is 101 Å². The summed E-state index contributed by atoms with van der Waals surface area (Å²) in [4.78, 5) is 22.8. The van der Waals surface area contributed by atoms with Crippen molar-refractivity contribution in [3.05, 3.63) is 47.6 Å². The summed E-state index contributed by atoms with van der Waals surface area (Å²) < 4.78 is 0. The minimum absolute atomic E-state index is 0.139. The van der Waals surface area contributed by atoms with Gasteiger partial charge < -0.3 is 10.2 Å². The largest absolute Gasteiger partial charge is 0.481 e. The van der Waals surface area contributed by atoms with Crippen molar-refractivity contribution >= 4 is 11.9 Å². The molecule has 0 aromatic heterocycles. The predicted octanol–water partition coefficient (Wildman–Crippen LogP) is 7.44. The van der Waals surface area contributed by atoms with Crippen molar-refractivity contribution in [3.63, 3.8) is 0 Å². The molecule has 0 aromatic carbocycles. The molecule has 33 heavy (non-hydrogen) atoms. The van der Waals surface area contributed by atoms with Gasteiger partial charge in [-0.15, -0.1) is 0 Å². The number of carboxylic acid groups (broad SMARTS) is 2. The first-order valence-corrected chi connectivity index (χ1v) is 12.5. The summed E-state index contributed by atoms with van der Waals surface area (Å²) in [5.41, 5.74) is 4.86. The zero-order chi connectivity index (χ0) is 24.9. The molecule has 0 radical (unpaired) electrons. The Hall–Kier alpha value is -2.10. The number of hydrogen-bond acceptors (Lipinski definition) is 2. The minimum atomic E-state index is -0.744. The summed E-state index contributed by atoms with van der Waals surface area (Å²) in [6.45, 7) is 19.3. The van der Waals surface area contributed by atoms with Crippen molar-refractivity contribution < 1.29 is 19.8 Å². The first-order valence-electron chi connectivity index (χ1n) is 12.5. The molecule has 0 aliphatic heterocycles. The standard InChI is InChI=1S/C29H44O4/c1-18(2)22-10-8-20(5)23(24(22)12-15-27(30)31)11-14-26-21(6)9-13-25(19(3)4)29(26,7)17-16-28(32)33/h8-9,22-26H,1,3,10-17H2,2,4-7H3,(H,30,31)(H,32,33)/t22-,23?,24-,25-,26-,29?/m0/s1. The lowest BCUT2D eigenvalue weighted by molar-refractivity contribution is -0.139. The highest BCUT2D eigenvalue weighted by Gasteiger charge is 2.45. The molecular formula is C29H44O4. The summed E-state index contributed by atoms with van der Waals surface area (Å²) in [5.74, 6) is 0.0394. The smallest absolute Gasteiger partial charge is 0.303 e. The van der Waals surface area contributed by atoms with Crippen LogP contribution >= 0.6 is 0 Å². The second kappa shape index (κ2) is 11.4. The highest BCUT2D eigenvalue weighted by Crippen LogP contribution is 2.54. The number of carboxylic acids is 2. The third kappa shape index (κ3) is 6.49. The number of carbonyl (C=O) groups is 2. The third-order valence-electron chi connectivity index (χ3n) is 8.69. The molecule has 2 rings (SSSR count). The van der Waals surface area contributed by atoms with Crippen LogP contribution in [0.2, 0.25) is 0 Å². The van der Waals surface area contributed by atoms with Gasteiger partial charge in [-0.2, -0.15) is 0 Å². The Morgan fingerprint density at radius 3 is 2.09 bits per heavy atom. The molecule has 2 N–H and O–H groups in total. The topological polar surface area (TPSA) is 74.6 Å². The van der Waals surface area contributed by atoms with Gasteiger partial charge >= 0.3 is 11.9 Å². The highest BCUT2D eigenvalue weighted by molar-refractivity contribution is 5.67. The Balaban J connectivity index is 2.32. The highest BCUT2D eigenvalue weighted by atomic mass is 16.4. The molecule has 4 nitrogen and oxygen atoms in total. The molecule has 0 aromatic rings. The van der Waals surface area contributed by atoms with E-state index in [0.29, 0.717) is 36.5 Å². The number of allylic oxidation sites excluding steroid dienone is 6. The normalized spacial score (nSPS) is 32.0. The lowest BCUT2D eigenvalue weighted by Gasteiger charge is -2.49. The molecule has 2 aliphatic rings. The number of aliphatic carboxylic acids is 2. The Morgan fingerprint density at radius 2 is 1.55 bits per heavy atom. The molecule has 4 heteroatoms. The van der Waals surface area contributed by atoms with Gasteiger partial charge in [-0.25, -0.2) is 0 Å². The molecular weight excluding hydrogens is 412 g/mol. The first kappa shape index (κ1) is 27.1. The summed E-state index contributed by atoms with van der Waals surface area (Å²) in [5, 5.41) is 18.8. The minimum Gasteiger partial charge on any atom is -0.481 e. The van der Waals surface area contributed by atoms with Crippen LogP contribution in [-0.4, -0.2) is 22.2 Å². The third-order valence-corrected chi connectivity index (χ3v) is 8.69. The molecule has 0 saturated heterocycles. The number of hydrogen-bond donors (Lipinski definition) is 2. The molecule has 0 heterocycles. The zero-order valence-electron chi connectivity index (χ0n) is 21.3. The molecule has 6 atom stereocenters. The van der Waals surface area contributed by atoms with Gasteiger partial charge in [0.05, 0.1) is 0 Å². The first-order chi connectivity index (χ1) is 15.4. The fourth-order valence-corrected chi connectivity index (χ4v) is 6.83. The van der Waals surface area contributed by atoms with Gasteiger partial charge in [0.2, 0.25) is 0 Å². The monoisotopic (exact) mass is 456 g/mol. The fourth-order valence-electron chi connectivity index (χ4n) is 6.83. The molecule has 0 spiro atoms. The Morgan fingerprint density at radius 1 is 0.939 bits per heavy atom. The molecule has 0 fully saturated rings. The average molecular weight is 457 g/mol. The van der Waals surface area contributed by atoms with Crippen molar-refractivity contribution in [2.45, 2.75) is 86.0 Å². The van der Waals surface area contributed by atoms with Crippen LogP contribution in [0, 0.1) is 35.0 Å². The van der Waals surface area contributed by atoms with Crippen LogP contribution in [0.4, 0.5) is 0 Å². The number of rotatable bonds is 11. The van der Waals surface area contributed by atoms with Crippen LogP contribution < -0.4 is 0 Å². The van der Waals surface area contributed by atoms with Crippen molar-refractivity contribution in [2.24, 2.45) is 35.0 Å². The van der Waals surface area contributed by atoms with E-state index in [-0.39, 0.29) is 24.2 Å². The second-order valence-corrected chi connectivity index (χ2v) is 11.0. The summed E-state index contributed by atoms with van der Waals surface area (Å²) in [7, 11) is 0. The van der Waals surface area contributed by atoms with E-state index in [4.69, 9.17) is 0 Å². The van der Waals surface area contributed by atoms with Crippen LogP contribution in [-0.2, 0) is 9.59 Å². The lowest BCUT2D eigenvalue weighted by Crippen LogP contribution is -2.40. The van der Waals surface area contributed by atoms with Crippen molar-refractivity contribution in [1.82, 2.24) is 0 Å². The van der Waals surface area contributed by atoms with Gasteiger partial charge in [0.1, 0.15) is 0 Å².